The molecule has 1 aliphatic rings. The molecule has 1 saturated carbocycles. The second-order valence-corrected chi connectivity index (χ2v) is 6.53. The Morgan fingerprint density at radius 2 is 2.00 bits per heavy atom. The Morgan fingerprint density at radius 1 is 1.29 bits per heavy atom. The maximum Gasteiger partial charge on any atom is 0.119 e. The predicted molar refractivity (Wildman–Crippen MR) is 87.0 cm³/mol. The van der Waals surface area contributed by atoms with Gasteiger partial charge in [-0.3, -0.25) is 0 Å². The number of hydrogen-bond donors (Lipinski definition) is 2. The van der Waals surface area contributed by atoms with Crippen molar-refractivity contribution in [3.8, 4) is 5.75 Å². The Kier molecular flexibility index (Phi) is 6.07. The third-order valence-electron chi connectivity index (χ3n) is 4.30. The Balaban J connectivity index is 1.75. The van der Waals surface area contributed by atoms with Crippen molar-refractivity contribution in [2.45, 2.75) is 64.5 Å². The van der Waals surface area contributed by atoms with E-state index in [1.54, 1.807) is 0 Å². The van der Waals surface area contributed by atoms with Gasteiger partial charge in [0.2, 0.25) is 0 Å². The van der Waals surface area contributed by atoms with E-state index in [2.05, 4.69) is 38.2 Å². The van der Waals surface area contributed by atoms with E-state index in [0.717, 1.165) is 5.75 Å². The van der Waals surface area contributed by atoms with Crippen molar-refractivity contribution in [1.82, 2.24) is 5.32 Å². The molecule has 0 unspecified atom stereocenters. The maximum absolute atomic E-state index is 10.00. The fourth-order valence-corrected chi connectivity index (χ4v) is 3.07. The lowest BCUT2D eigenvalue weighted by Gasteiger charge is -2.17. The van der Waals surface area contributed by atoms with E-state index in [1.165, 1.54) is 36.8 Å². The lowest BCUT2D eigenvalue weighted by molar-refractivity contribution is 0.104. The van der Waals surface area contributed by atoms with Gasteiger partial charge in [0, 0.05) is 12.6 Å². The highest BCUT2D eigenvalue weighted by atomic mass is 16.5. The number of ether oxygens (including phenoxy) is 1. The van der Waals surface area contributed by atoms with Crippen LogP contribution >= 0.6 is 0 Å². The van der Waals surface area contributed by atoms with Gasteiger partial charge < -0.3 is 15.2 Å². The summed E-state index contributed by atoms with van der Waals surface area (Å²) in [6.07, 6.45) is 4.65. The highest BCUT2D eigenvalue weighted by molar-refractivity contribution is 5.36. The number of aliphatic hydroxyl groups excluding tert-OH is 1. The van der Waals surface area contributed by atoms with Crippen molar-refractivity contribution in [3.63, 3.8) is 0 Å². The van der Waals surface area contributed by atoms with Crippen molar-refractivity contribution >= 4 is 0 Å². The molecule has 1 aromatic rings. The first-order valence-electron chi connectivity index (χ1n) is 8.21. The SMILES string of the molecule is Cc1cc(OC[C@@H](O)CNC2CCCC2)ccc1C(C)C. The van der Waals surface area contributed by atoms with Gasteiger partial charge in [-0.2, -0.15) is 0 Å². The topological polar surface area (TPSA) is 41.5 Å². The molecule has 21 heavy (non-hydrogen) atoms. The van der Waals surface area contributed by atoms with E-state index in [1.807, 2.05) is 6.07 Å². The number of benzene rings is 1. The molecule has 1 aliphatic carbocycles. The molecule has 1 atom stereocenters. The predicted octanol–water partition coefficient (Wildman–Crippen LogP) is 3.39. The van der Waals surface area contributed by atoms with Crippen LogP contribution in [-0.4, -0.2) is 30.4 Å². The summed E-state index contributed by atoms with van der Waals surface area (Å²) in [5.41, 5.74) is 2.60. The van der Waals surface area contributed by atoms with E-state index >= 15 is 0 Å². The van der Waals surface area contributed by atoms with Crippen molar-refractivity contribution < 1.29 is 9.84 Å². The van der Waals surface area contributed by atoms with Crippen LogP contribution in [0.15, 0.2) is 18.2 Å². The van der Waals surface area contributed by atoms with E-state index in [9.17, 15) is 5.11 Å². The Morgan fingerprint density at radius 3 is 2.62 bits per heavy atom. The van der Waals surface area contributed by atoms with Crippen molar-refractivity contribution in [3.05, 3.63) is 29.3 Å². The Hall–Kier alpha value is -1.06. The van der Waals surface area contributed by atoms with Crippen LogP contribution in [0.2, 0.25) is 0 Å². The molecule has 0 spiro atoms. The number of aryl methyl sites for hydroxylation is 1. The van der Waals surface area contributed by atoms with Gasteiger partial charge in [-0.1, -0.05) is 32.8 Å². The summed E-state index contributed by atoms with van der Waals surface area (Å²) in [4.78, 5) is 0. The van der Waals surface area contributed by atoms with Gasteiger partial charge >= 0.3 is 0 Å². The molecular formula is C18H29NO2. The zero-order valence-corrected chi connectivity index (χ0v) is 13.6. The highest BCUT2D eigenvalue weighted by Gasteiger charge is 2.16. The van der Waals surface area contributed by atoms with Gasteiger partial charge in [0.25, 0.3) is 0 Å². The number of hydrogen-bond acceptors (Lipinski definition) is 3. The minimum atomic E-state index is -0.448. The monoisotopic (exact) mass is 291 g/mol. The highest BCUT2D eigenvalue weighted by Crippen LogP contribution is 2.23. The van der Waals surface area contributed by atoms with E-state index in [0.29, 0.717) is 25.1 Å². The molecule has 0 amide bonds. The van der Waals surface area contributed by atoms with Gasteiger partial charge in [0.1, 0.15) is 18.5 Å². The fourth-order valence-electron chi connectivity index (χ4n) is 3.07. The zero-order valence-electron chi connectivity index (χ0n) is 13.6. The fraction of sp³-hybridized carbons (Fsp3) is 0.667. The van der Waals surface area contributed by atoms with Crippen LogP contribution in [0, 0.1) is 6.92 Å². The van der Waals surface area contributed by atoms with Crippen LogP contribution in [0.5, 0.6) is 5.75 Å². The minimum absolute atomic E-state index is 0.347. The smallest absolute Gasteiger partial charge is 0.119 e. The summed E-state index contributed by atoms with van der Waals surface area (Å²) in [7, 11) is 0. The molecule has 0 aromatic heterocycles. The molecule has 0 saturated heterocycles. The maximum atomic E-state index is 10.00. The van der Waals surface area contributed by atoms with Crippen molar-refractivity contribution in [2.75, 3.05) is 13.2 Å². The number of rotatable bonds is 7. The third kappa shape index (κ3) is 5.01. The van der Waals surface area contributed by atoms with Crippen molar-refractivity contribution in [2.24, 2.45) is 0 Å². The number of nitrogens with one attached hydrogen (secondary N) is 1. The second-order valence-electron chi connectivity index (χ2n) is 6.53. The summed E-state index contributed by atoms with van der Waals surface area (Å²) in [6, 6.07) is 6.77. The first-order valence-corrected chi connectivity index (χ1v) is 8.21. The third-order valence-corrected chi connectivity index (χ3v) is 4.30. The van der Waals surface area contributed by atoms with E-state index in [-0.39, 0.29) is 0 Å². The molecular weight excluding hydrogens is 262 g/mol. The lowest BCUT2D eigenvalue weighted by atomic mass is 9.98. The Labute approximate surface area is 128 Å². The number of aliphatic hydroxyl groups is 1. The van der Waals surface area contributed by atoms with Crippen LogP contribution in [0.1, 0.15) is 56.6 Å². The van der Waals surface area contributed by atoms with Crippen LogP contribution in [0.3, 0.4) is 0 Å². The average molecular weight is 291 g/mol. The minimum Gasteiger partial charge on any atom is -0.491 e. The van der Waals surface area contributed by atoms with E-state index in [4.69, 9.17) is 4.74 Å². The van der Waals surface area contributed by atoms with Gasteiger partial charge in [0.15, 0.2) is 0 Å². The summed E-state index contributed by atoms with van der Waals surface area (Å²) in [5.74, 6) is 1.37. The molecule has 2 rings (SSSR count). The zero-order chi connectivity index (χ0) is 15.2. The van der Waals surface area contributed by atoms with Crippen molar-refractivity contribution in [1.29, 1.82) is 0 Å². The van der Waals surface area contributed by atoms with Gasteiger partial charge in [-0.05, 0) is 48.9 Å². The molecule has 0 bridgehead atoms. The van der Waals surface area contributed by atoms with Crippen LogP contribution in [-0.2, 0) is 0 Å². The molecule has 3 heteroatoms. The molecule has 1 fully saturated rings. The summed E-state index contributed by atoms with van der Waals surface area (Å²) in [5, 5.41) is 13.4. The summed E-state index contributed by atoms with van der Waals surface area (Å²) >= 11 is 0. The quantitative estimate of drug-likeness (QED) is 0.809. The Bertz CT molecular complexity index is 439. The van der Waals surface area contributed by atoms with Crippen LogP contribution in [0.25, 0.3) is 0 Å². The first kappa shape index (κ1) is 16.3. The molecule has 1 aromatic carbocycles. The van der Waals surface area contributed by atoms with Gasteiger partial charge in [0.05, 0.1) is 0 Å². The molecule has 0 radical (unpaired) electrons. The normalized spacial score (nSPS) is 17.4. The summed E-state index contributed by atoms with van der Waals surface area (Å²) in [6.45, 7) is 7.47. The molecule has 0 heterocycles. The second kappa shape index (κ2) is 7.81. The van der Waals surface area contributed by atoms with Gasteiger partial charge in [-0.25, -0.2) is 0 Å². The molecule has 118 valence electrons. The first-order chi connectivity index (χ1) is 10.1. The largest absolute Gasteiger partial charge is 0.491 e. The van der Waals surface area contributed by atoms with Gasteiger partial charge in [-0.15, -0.1) is 0 Å². The molecule has 0 aliphatic heterocycles. The van der Waals surface area contributed by atoms with E-state index < -0.39 is 6.10 Å². The molecule has 2 N–H and O–H groups in total. The molecule has 3 nitrogen and oxygen atoms in total. The van der Waals surface area contributed by atoms with Crippen LogP contribution in [0.4, 0.5) is 0 Å². The standard InChI is InChI=1S/C18H29NO2/c1-13(2)18-9-8-17(10-14(18)3)21-12-16(20)11-19-15-6-4-5-7-15/h8-10,13,15-16,19-20H,4-7,11-12H2,1-3H3/t16-/m0/s1. The average Bonchev–Trinajstić information content (AvgIpc) is 2.95. The summed E-state index contributed by atoms with van der Waals surface area (Å²) < 4.78 is 5.71. The van der Waals surface area contributed by atoms with Crippen LogP contribution < -0.4 is 10.1 Å². The lowest BCUT2D eigenvalue weighted by Crippen LogP contribution is -2.36.